The third-order valence-electron chi connectivity index (χ3n) is 7.01. The van der Waals surface area contributed by atoms with Gasteiger partial charge in [0.25, 0.3) is 0 Å². The normalized spacial score (nSPS) is 18.4. The summed E-state index contributed by atoms with van der Waals surface area (Å²) in [6.45, 7) is 8.59. The molecule has 4 rings (SSSR count). The highest BCUT2D eigenvalue weighted by Crippen LogP contribution is 2.51. The Morgan fingerprint density at radius 3 is 2.61 bits per heavy atom. The van der Waals surface area contributed by atoms with Crippen molar-refractivity contribution >= 4 is 28.8 Å². The number of aliphatic hydroxyl groups is 1. The number of Topliss-reactive ketones (excluding diaryl/α,β-unsaturated/α-hetero) is 1. The number of alkyl halides is 1. The molecule has 1 spiro atoms. The maximum Gasteiger partial charge on any atom is 0.163 e. The summed E-state index contributed by atoms with van der Waals surface area (Å²) < 4.78 is 19.4. The summed E-state index contributed by atoms with van der Waals surface area (Å²) in [5.74, 6) is 1.36. The van der Waals surface area contributed by atoms with E-state index in [9.17, 15) is 14.3 Å². The standard InChI is InChI=1S/C27H34ClFN4O3/c1-5-6-19(35)12-36-20-7-8-22(28)21(9-20)25-31-24(23(16(3)30)17(4)34)15(2)26(32-25)33-13-27(14-33)10-18(29)11-27/h7-9,18-19,35H,5-6,10-14,30H2,1-4H3/t19-/m1/s1. The van der Waals surface area contributed by atoms with Crippen LogP contribution >= 0.6 is 11.6 Å². The number of nitrogens with zero attached hydrogens (tertiary/aromatic N) is 3. The van der Waals surface area contributed by atoms with Crippen LogP contribution in [-0.2, 0) is 4.79 Å². The average molecular weight is 517 g/mol. The first kappa shape index (κ1) is 26.4. The molecule has 0 amide bonds. The van der Waals surface area contributed by atoms with E-state index < -0.39 is 12.3 Å². The minimum Gasteiger partial charge on any atom is -0.491 e. The highest BCUT2D eigenvalue weighted by atomic mass is 35.5. The van der Waals surface area contributed by atoms with Crippen LogP contribution in [0.4, 0.5) is 10.2 Å². The Hall–Kier alpha value is -2.71. The van der Waals surface area contributed by atoms with Crippen molar-refractivity contribution in [3.63, 3.8) is 0 Å². The van der Waals surface area contributed by atoms with Crippen LogP contribution in [0.1, 0.15) is 57.7 Å². The van der Waals surface area contributed by atoms with Gasteiger partial charge in [-0.1, -0.05) is 24.9 Å². The maximum absolute atomic E-state index is 13.6. The minimum atomic E-state index is -0.728. The monoisotopic (exact) mass is 516 g/mol. The number of carbonyl (C=O) groups excluding carboxylic acids is 1. The van der Waals surface area contributed by atoms with E-state index in [1.807, 2.05) is 13.8 Å². The Morgan fingerprint density at radius 2 is 2.03 bits per heavy atom. The molecular weight excluding hydrogens is 483 g/mol. The molecule has 7 nitrogen and oxygen atoms in total. The Balaban J connectivity index is 1.75. The van der Waals surface area contributed by atoms with Gasteiger partial charge in [-0.25, -0.2) is 14.4 Å². The van der Waals surface area contributed by atoms with Gasteiger partial charge in [-0.15, -0.1) is 0 Å². The fraction of sp³-hybridized carbons (Fsp3) is 0.519. The van der Waals surface area contributed by atoms with Crippen LogP contribution in [0.3, 0.4) is 0 Å². The molecule has 1 aromatic heterocycles. The highest BCUT2D eigenvalue weighted by molar-refractivity contribution is 6.33. The lowest BCUT2D eigenvalue weighted by Crippen LogP contribution is -2.63. The number of carbonyl (C=O) groups is 1. The summed E-state index contributed by atoms with van der Waals surface area (Å²) in [5, 5.41) is 10.5. The number of ether oxygens (including phenoxy) is 1. The number of allylic oxidation sites excluding steroid dienone is 2. The van der Waals surface area contributed by atoms with Crippen molar-refractivity contribution in [2.75, 3.05) is 24.6 Å². The third kappa shape index (κ3) is 5.20. The molecule has 0 bridgehead atoms. The summed E-state index contributed by atoms with van der Waals surface area (Å²) in [6.07, 6.45) is 1.36. The minimum absolute atomic E-state index is 0.00485. The fourth-order valence-corrected chi connectivity index (χ4v) is 5.44. The van der Waals surface area contributed by atoms with E-state index in [1.165, 1.54) is 6.92 Å². The predicted octanol–water partition coefficient (Wildman–Crippen LogP) is 4.86. The molecule has 2 heterocycles. The maximum atomic E-state index is 13.6. The van der Waals surface area contributed by atoms with Crippen LogP contribution in [0.25, 0.3) is 17.0 Å². The predicted molar refractivity (Wildman–Crippen MR) is 140 cm³/mol. The lowest BCUT2D eigenvalue weighted by molar-refractivity contribution is -0.111. The van der Waals surface area contributed by atoms with E-state index in [4.69, 9.17) is 32.0 Å². The van der Waals surface area contributed by atoms with E-state index >= 15 is 0 Å². The molecule has 194 valence electrons. The molecule has 36 heavy (non-hydrogen) atoms. The van der Waals surface area contributed by atoms with Gasteiger partial charge in [0.05, 0.1) is 22.4 Å². The number of rotatable bonds is 9. The first-order chi connectivity index (χ1) is 17.0. The zero-order valence-corrected chi connectivity index (χ0v) is 22.0. The second-order valence-electron chi connectivity index (χ2n) is 10.2. The van der Waals surface area contributed by atoms with Gasteiger partial charge in [0.15, 0.2) is 11.6 Å². The molecule has 1 atom stereocenters. The van der Waals surface area contributed by atoms with Crippen molar-refractivity contribution in [3.05, 3.63) is 40.2 Å². The Kier molecular flexibility index (Phi) is 7.57. The zero-order chi connectivity index (χ0) is 26.2. The van der Waals surface area contributed by atoms with Gasteiger partial charge in [0, 0.05) is 35.3 Å². The summed E-state index contributed by atoms with van der Waals surface area (Å²) in [5.41, 5.74) is 8.57. The van der Waals surface area contributed by atoms with E-state index in [-0.39, 0.29) is 17.8 Å². The van der Waals surface area contributed by atoms with Crippen LogP contribution in [-0.4, -0.2) is 52.8 Å². The summed E-state index contributed by atoms with van der Waals surface area (Å²) in [7, 11) is 0. The van der Waals surface area contributed by atoms with Crippen molar-refractivity contribution < 1.29 is 19.0 Å². The van der Waals surface area contributed by atoms with Gasteiger partial charge in [-0.3, -0.25) is 4.79 Å². The molecule has 1 aromatic carbocycles. The second kappa shape index (κ2) is 10.3. The number of benzene rings is 1. The van der Waals surface area contributed by atoms with E-state index in [1.54, 1.807) is 25.1 Å². The molecular formula is C27H34ClFN4O3. The number of ketones is 1. The van der Waals surface area contributed by atoms with Crippen LogP contribution in [0, 0.1) is 12.3 Å². The van der Waals surface area contributed by atoms with E-state index in [2.05, 4.69) is 4.90 Å². The fourth-order valence-electron chi connectivity index (χ4n) is 5.23. The number of anilines is 1. The van der Waals surface area contributed by atoms with Crippen LogP contribution in [0.15, 0.2) is 23.9 Å². The van der Waals surface area contributed by atoms with Gasteiger partial charge in [0.1, 0.15) is 24.3 Å². The first-order valence-corrected chi connectivity index (χ1v) is 12.8. The number of nitrogens with two attached hydrogens (primary N) is 1. The molecule has 9 heteroatoms. The quantitative estimate of drug-likeness (QED) is 0.459. The topological polar surface area (TPSA) is 102 Å². The van der Waals surface area contributed by atoms with Crippen LogP contribution in [0.2, 0.25) is 5.02 Å². The van der Waals surface area contributed by atoms with Crippen LogP contribution in [0.5, 0.6) is 5.75 Å². The van der Waals surface area contributed by atoms with Gasteiger partial charge < -0.3 is 20.5 Å². The zero-order valence-electron chi connectivity index (χ0n) is 21.3. The molecule has 1 saturated carbocycles. The summed E-state index contributed by atoms with van der Waals surface area (Å²) in [4.78, 5) is 24.3. The third-order valence-corrected chi connectivity index (χ3v) is 7.34. The molecule has 2 aromatic rings. The Bertz CT molecular complexity index is 1180. The Labute approximate surface area is 216 Å². The van der Waals surface area contributed by atoms with Gasteiger partial charge >= 0.3 is 0 Å². The first-order valence-electron chi connectivity index (χ1n) is 12.4. The van der Waals surface area contributed by atoms with E-state index in [0.717, 1.165) is 12.0 Å². The molecule has 0 radical (unpaired) electrons. The van der Waals surface area contributed by atoms with Crippen LogP contribution < -0.4 is 15.4 Å². The highest BCUT2D eigenvalue weighted by Gasteiger charge is 2.53. The molecule has 3 N–H and O–H groups in total. The largest absolute Gasteiger partial charge is 0.491 e. The number of aliphatic hydroxyl groups excluding tert-OH is 1. The van der Waals surface area contributed by atoms with Gasteiger partial charge in [-0.05, 0) is 58.2 Å². The van der Waals surface area contributed by atoms with E-state index in [0.29, 0.717) is 77.3 Å². The number of aromatic nitrogens is 2. The summed E-state index contributed by atoms with van der Waals surface area (Å²) >= 11 is 6.57. The molecule has 2 fully saturated rings. The van der Waals surface area contributed by atoms with Crippen molar-refractivity contribution in [2.24, 2.45) is 11.1 Å². The molecule has 1 aliphatic heterocycles. The number of hydrogen-bond acceptors (Lipinski definition) is 7. The van der Waals surface area contributed by atoms with Gasteiger partial charge in [0.2, 0.25) is 0 Å². The molecule has 2 aliphatic rings. The van der Waals surface area contributed by atoms with Crippen molar-refractivity contribution in [3.8, 4) is 17.1 Å². The van der Waals surface area contributed by atoms with Gasteiger partial charge in [-0.2, -0.15) is 0 Å². The number of hydrogen-bond donors (Lipinski definition) is 2. The Morgan fingerprint density at radius 1 is 1.33 bits per heavy atom. The van der Waals surface area contributed by atoms with Crippen molar-refractivity contribution in [1.29, 1.82) is 0 Å². The average Bonchev–Trinajstić information content (AvgIpc) is 2.76. The molecule has 1 saturated heterocycles. The second-order valence-corrected chi connectivity index (χ2v) is 10.6. The lowest BCUT2D eigenvalue weighted by atomic mass is 9.62. The van der Waals surface area contributed by atoms with Crippen molar-refractivity contribution in [2.45, 2.75) is 65.7 Å². The SMILES string of the molecule is CCC[C@@H](O)COc1ccc(Cl)c(-c2nc(C(C(C)=O)=C(C)N)c(C)c(N3CC4(CC(F)C4)C3)n2)c1. The van der Waals surface area contributed by atoms with Crippen molar-refractivity contribution in [1.82, 2.24) is 9.97 Å². The molecule has 1 aliphatic carbocycles. The number of halogens is 2. The smallest absolute Gasteiger partial charge is 0.163 e. The summed E-state index contributed by atoms with van der Waals surface area (Å²) in [6, 6.07) is 5.17. The molecule has 0 unspecified atom stereocenters. The lowest BCUT2D eigenvalue weighted by Gasteiger charge is -2.57.